The van der Waals surface area contributed by atoms with Crippen LogP contribution in [-0.4, -0.2) is 33.7 Å². The second-order valence-corrected chi connectivity index (χ2v) is 8.66. The summed E-state index contributed by atoms with van der Waals surface area (Å²) in [6.07, 6.45) is 11.4. The van der Waals surface area contributed by atoms with Crippen molar-refractivity contribution in [3.63, 3.8) is 0 Å². The van der Waals surface area contributed by atoms with Crippen LogP contribution < -0.4 is 5.32 Å². The Kier molecular flexibility index (Phi) is 7.49. The van der Waals surface area contributed by atoms with Crippen molar-refractivity contribution in [2.24, 2.45) is 5.92 Å². The van der Waals surface area contributed by atoms with Crippen molar-refractivity contribution in [1.82, 2.24) is 20.0 Å². The predicted octanol–water partition coefficient (Wildman–Crippen LogP) is 4.20. The Morgan fingerprint density at radius 2 is 2.04 bits per heavy atom. The van der Waals surface area contributed by atoms with Crippen LogP contribution in [0.2, 0.25) is 0 Å². The molecule has 0 bridgehead atoms. The summed E-state index contributed by atoms with van der Waals surface area (Å²) < 4.78 is 2.14. The molecule has 1 aromatic heterocycles. The molecular formula is C23H36N4O. The quantitative estimate of drug-likeness (QED) is 0.684. The molecule has 1 aliphatic heterocycles. The van der Waals surface area contributed by atoms with Crippen molar-refractivity contribution < 1.29 is 4.79 Å². The van der Waals surface area contributed by atoms with Crippen molar-refractivity contribution in [2.45, 2.75) is 78.9 Å². The highest BCUT2D eigenvalue weighted by atomic mass is 16.1. The standard InChI is InChI=1S/C23H36N4O/c1-18(2)7-4-8-19(3)11-14-26-12-6-13-27-22(17-26)15-21(25-27)16-24-23(28)20-9-5-10-20/h7,11,15,20H,4-6,8-10,12-14,16-17H2,1-3H3,(H,24,28). The van der Waals surface area contributed by atoms with E-state index in [0.29, 0.717) is 6.54 Å². The number of hydrogen-bond donors (Lipinski definition) is 1. The number of aromatic nitrogens is 2. The van der Waals surface area contributed by atoms with Gasteiger partial charge in [-0.3, -0.25) is 14.4 Å². The van der Waals surface area contributed by atoms with Gasteiger partial charge < -0.3 is 5.32 Å². The second kappa shape index (κ2) is 10.1. The summed E-state index contributed by atoms with van der Waals surface area (Å²) in [5.74, 6) is 0.437. The van der Waals surface area contributed by atoms with E-state index in [1.165, 1.54) is 23.3 Å². The number of aryl methyl sites for hydroxylation is 1. The lowest BCUT2D eigenvalue weighted by atomic mass is 9.85. The van der Waals surface area contributed by atoms with E-state index >= 15 is 0 Å². The van der Waals surface area contributed by atoms with Gasteiger partial charge in [-0.25, -0.2) is 0 Å². The smallest absolute Gasteiger partial charge is 0.223 e. The molecule has 2 aliphatic rings. The highest BCUT2D eigenvalue weighted by Gasteiger charge is 2.25. The van der Waals surface area contributed by atoms with E-state index in [1.54, 1.807) is 0 Å². The summed E-state index contributed by atoms with van der Waals surface area (Å²) in [7, 11) is 0. The molecule has 1 saturated carbocycles. The van der Waals surface area contributed by atoms with Gasteiger partial charge in [0.25, 0.3) is 0 Å². The van der Waals surface area contributed by atoms with Crippen LogP contribution in [-0.2, 0) is 24.4 Å². The number of rotatable bonds is 8. The Balaban J connectivity index is 1.50. The number of nitrogens with zero attached hydrogens (tertiary/aromatic N) is 3. The van der Waals surface area contributed by atoms with E-state index in [0.717, 1.165) is 64.0 Å². The minimum atomic E-state index is 0.199. The average molecular weight is 385 g/mol. The van der Waals surface area contributed by atoms with E-state index < -0.39 is 0 Å². The fourth-order valence-electron chi connectivity index (χ4n) is 3.80. The maximum absolute atomic E-state index is 12.0. The third kappa shape index (κ3) is 6.06. The van der Waals surface area contributed by atoms with Gasteiger partial charge in [0.2, 0.25) is 5.91 Å². The number of carbonyl (C=O) groups excluding carboxylic acids is 1. The first kappa shape index (κ1) is 20.8. The van der Waals surface area contributed by atoms with Crippen molar-refractivity contribution in [2.75, 3.05) is 13.1 Å². The number of fused-ring (bicyclic) bond motifs is 1. The molecule has 154 valence electrons. The van der Waals surface area contributed by atoms with Gasteiger partial charge in [-0.2, -0.15) is 5.10 Å². The average Bonchev–Trinajstić information content (AvgIpc) is 2.87. The Morgan fingerprint density at radius 3 is 2.75 bits per heavy atom. The molecule has 0 aromatic carbocycles. The Labute approximate surface area is 169 Å². The predicted molar refractivity (Wildman–Crippen MR) is 114 cm³/mol. The minimum absolute atomic E-state index is 0.199. The van der Waals surface area contributed by atoms with Gasteiger partial charge in [0.1, 0.15) is 0 Å². The van der Waals surface area contributed by atoms with Crippen LogP contribution in [0.15, 0.2) is 29.4 Å². The van der Waals surface area contributed by atoms with Crippen LogP contribution in [0.1, 0.15) is 70.7 Å². The van der Waals surface area contributed by atoms with Crippen LogP contribution in [0.25, 0.3) is 0 Å². The van der Waals surface area contributed by atoms with E-state index in [4.69, 9.17) is 5.10 Å². The van der Waals surface area contributed by atoms with Gasteiger partial charge in [0.15, 0.2) is 0 Å². The van der Waals surface area contributed by atoms with Gasteiger partial charge in [-0.05, 0) is 58.9 Å². The summed E-state index contributed by atoms with van der Waals surface area (Å²) in [5, 5.41) is 7.79. The molecular weight excluding hydrogens is 348 g/mol. The number of nitrogens with one attached hydrogen (secondary N) is 1. The zero-order valence-corrected chi connectivity index (χ0v) is 17.8. The van der Waals surface area contributed by atoms with Crippen molar-refractivity contribution in [3.8, 4) is 0 Å². The molecule has 5 nitrogen and oxygen atoms in total. The third-order valence-electron chi connectivity index (χ3n) is 5.85. The number of allylic oxidation sites excluding steroid dienone is 3. The lowest BCUT2D eigenvalue weighted by Gasteiger charge is -2.23. The van der Waals surface area contributed by atoms with Crippen LogP contribution in [0, 0.1) is 5.92 Å². The SMILES string of the molecule is CC(C)=CCCC(C)=CCN1CCCn2nc(CNC(=O)C3CCC3)cc2C1. The first-order valence-electron chi connectivity index (χ1n) is 10.9. The third-order valence-corrected chi connectivity index (χ3v) is 5.85. The normalized spacial score (nSPS) is 18.2. The first-order chi connectivity index (χ1) is 13.5. The van der Waals surface area contributed by atoms with E-state index in [-0.39, 0.29) is 11.8 Å². The monoisotopic (exact) mass is 384 g/mol. The molecule has 1 N–H and O–H groups in total. The summed E-state index contributed by atoms with van der Waals surface area (Å²) in [5.41, 5.74) is 5.11. The molecule has 1 amide bonds. The lowest BCUT2D eigenvalue weighted by Crippen LogP contribution is -2.34. The summed E-state index contributed by atoms with van der Waals surface area (Å²) in [6, 6.07) is 2.17. The van der Waals surface area contributed by atoms with Crippen molar-refractivity contribution in [1.29, 1.82) is 0 Å². The first-order valence-corrected chi connectivity index (χ1v) is 10.9. The van der Waals surface area contributed by atoms with E-state index in [2.05, 4.69) is 53.9 Å². The minimum Gasteiger partial charge on any atom is -0.350 e. The van der Waals surface area contributed by atoms with Gasteiger partial charge in [-0.15, -0.1) is 0 Å². The fourth-order valence-corrected chi connectivity index (χ4v) is 3.80. The Bertz CT molecular complexity index is 723. The molecule has 3 rings (SSSR count). The Hall–Kier alpha value is -1.88. The largest absolute Gasteiger partial charge is 0.350 e. The highest BCUT2D eigenvalue weighted by molar-refractivity contribution is 5.79. The molecule has 28 heavy (non-hydrogen) atoms. The molecule has 5 heteroatoms. The molecule has 1 fully saturated rings. The second-order valence-electron chi connectivity index (χ2n) is 8.66. The van der Waals surface area contributed by atoms with Gasteiger partial charge in [-0.1, -0.05) is 29.7 Å². The van der Waals surface area contributed by atoms with Crippen LogP contribution in [0.4, 0.5) is 0 Å². The molecule has 0 saturated heterocycles. The van der Waals surface area contributed by atoms with Crippen LogP contribution >= 0.6 is 0 Å². The molecule has 1 aromatic rings. The molecule has 1 aliphatic carbocycles. The maximum atomic E-state index is 12.0. The fraction of sp³-hybridized carbons (Fsp3) is 0.652. The van der Waals surface area contributed by atoms with E-state index in [1.807, 2.05) is 0 Å². The number of hydrogen-bond acceptors (Lipinski definition) is 3. The summed E-state index contributed by atoms with van der Waals surface area (Å²) in [4.78, 5) is 14.5. The zero-order chi connectivity index (χ0) is 19.9. The van der Waals surface area contributed by atoms with Crippen molar-refractivity contribution >= 4 is 5.91 Å². The van der Waals surface area contributed by atoms with Gasteiger partial charge in [0, 0.05) is 32.1 Å². The van der Waals surface area contributed by atoms with Crippen LogP contribution in [0.5, 0.6) is 0 Å². The molecule has 0 radical (unpaired) electrons. The van der Waals surface area contributed by atoms with E-state index in [9.17, 15) is 4.79 Å². The number of amides is 1. The summed E-state index contributed by atoms with van der Waals surface area (Å²) >= 11 is 0. The molecule has 0 unspecified atom stereocenters. The summed E-state index contributed by atoms with van der Waals surface area (Å²) in [6.45, 7) is 11.1. The molecule has 2 heterocycles. The lowest BCUT2D eigenvalue weighted by molar-refractivity contribution is -0.127. The van der Waals surface area contributed by atoms with Gasteiger partial charge >= 0.3 is 0 Å². The molecule has 0 atom stereocenters. The molecule has 0 spiro atoms. The maximum Gasteiger partial charge on any atom is 0.223 e. The van der Waals surface area contributed by atoms with Gasteiger partial charge in [0.05, 0.1) is 17.9 Å². The van der Waals surface area contributed by atoms with Crippen LogP contribution in [0.3, 0.4) is 0 Å². The zero-order valence-electron chi connectivity index (χ0n) is 17.8. The Morgan fingerprint density at radius 1 is 1.21 bits per heavy atom. The topological polar surface area (TPSA) is 50.2 Å². The highest BCUT2D eigenvalue weighted by Crippen LogP contribution is 2.26. The number of carbonyl (C=O) groups is 1. The van der Waals surface area contributed by atoms with Crippen molar-refractivity contribution in [3.05, 3.63) is 40.8 Å².